The van der Waals surface area contributed by atoms with E-state index in [1.807, 2.05) is 0 Å². The topological polar surface area (TPSA) is 114 Å². The Balaban J connectivity index is 3.19. The molecule has 0 bridgehead atoms. The van der Waals surface area contributed by atoms with Crippen LogP contribution >= 0.6 is 11.6 Å². The number of benzene rings is 1. The van der Waals surface area contributed by atoms with Crippen molar-refractivity contribution in [2.75, 3.05) is 12.1 Å². The number of ether oxygens (including phenoxy) is 1. The second-order valence-electron chi connectivity index (χ2n) is 2.99. The van der Waals surface area contributed by atoms with Crippen LogP contribution in [0.5, 0.6) is 0 Å². The van der Waals surface area contributed by atoms with Crippen molar-refractivity contribution in [1.29, 1.82) is 0 Å². The largest absolute Gasteiger partial charge is 0.452 e. The van der Waals surface area contributed by atoms with Crippen molar-refractivity contribution < 1.29 is 14.7 Å². The standard InChI is InChI=1S/C9H11ClN4O3/c1-17-9(15)14(12)7-4-5(8(11)13-16)2-3-6(7)10/h2-4,16H,12H2,1H3,(H2,11,13). The molecule has 0 aromatic heterocycles. The first-order chi connectivity index (χ1) is 8.01. The van der Waals surface area contributed by atoms with E-state index in [4.69, 9.17) is 28.4 Å². The predicted octanol–water partition coefficient (Wildman–Crippen LogP) is 0.881. The van der Waals surface area contributed by atoms with Crippen LogP contribution in [0.2, 0.25) is 5.02 Å². The van der Waals surface area contributed by atoms with E-state index < -0.39 is 6.09 Å². The summed E-state index contributed by atoms with van der Waals surface area (Å²) in [5.74, 6) is 5.37. The number of nitrogens with two attached hydrogens (primary N) is 2. The molecule has 0 spiro atoms. The zero-order chi connectivity index (χ0) is 13.0. The van der Waals surface area contributed by atoms with Gasteiger partial charge in [-0.2, -0.15) is 0 Å². The van der Waals surface area contributed by atoms with Gasteiger partial charge in [-0.05, 0) is 18.2 Å². The van der Waals surface area contributed by atoms with Gasteiger partial charge in [0, 0.05) is 5.56 Å². The third-order valence-electron chi connectivity index (χ3n) is 1.98. The maximum atomic E-state index is 11.2. The number of methoxy groups -OCH3 is 1. The van der Waals surface area contributed by atoms with E-state index in [2.05, 4.69) is 9.89 Å². The fourth-order valence-corrected chi connectivity index (χ4v) is 1.32. The number of oxime groups is 1. The van der Waals surface area contributed by atoms with Crippen molar-refractivity contribution >= 4 is 29.2 Å². The Morgan fingerprint density at radius 1 is 1.59 bits per heavy atom. The molecule has 17 heavy (non-hydrogen) atoms. The maximum absolute atomic E-state index is 11.2. The van der Waals surface area contributed by atoms with Crippen molar-refractivity contribution in [3.63, 3.8) is 0 Å². The van der Waals surface area contributed by atoms with Gasteiger partial charge in [-0.1, -0.05) is 16.8 Å². The number of hydrazine groups is 1. The van der Waals surface area contributed by atoms with Gasteiger partial charge in [-0.15, -0.1) is 0 Å². The highest BCUT2D eigenvalue weighted by Crippen LogP contribution is 2.25. The highest BCUT2D eigenvalue weighted by Gasteiger charge is 2.16. The molecule has 0 aliphatic carbocycles. The molecule has 92 valence electrons. The lowest BCUT2D eigenvalue weighted by Gasteiger charge is -2.17. The molecular weight excluding hydrogens is 248 g/mol. The highest BCUT2D eigenvalue weighted by atomic mass is 35.5. The van der Waals surface area contributed by atoms with E-state index in [0.29, 0.717) is 5.56 Å². The number of carbonyl (C=O) groups is 1. The monoisotopic (exact) mass is 258 g/mol. The normalized spacial score (nSPS) is 11.1. The molecule has 1 amide bonds. The Labute approximate surface area is 102 Å². The molecule has 0 saturated heterocycles. The van der Waals surface area contributed by atoms with Gasteiger partial charge in [0.05, 0.1) is 17.8 Å². The molecule has 7 nitrogen and oxygen atoms in total. The first kappa shape index (κ1) is 13.1. The number of amidine groups is 1. The fourth-order valence-electron chi connectivity index (χ4n) is 1.11. The lowest BCUT2D eigenvalue weighted by molar-refractivity contribution is 0.178. The molecule has 0 heterocycles. The lowest BCUT2D eigenvalue weighted by Crippen LogP contribution is -2.37. The van der Waals surface area contributed by atoms with Crippen molar-refractivity contribution in [2.24, 2.45) is 16.7 Å². The Kier molecular flexibility index (Phi) is 4.13. The summed E-state index contributed by atoms with van der Waals surface area (Å²) in [5.41, 5.74) is 5.95. The summed E-state index contributed by atoms with van der Waals surface area (Å²) in [6.45, 7) is 0. The average Bonchev–Trinajstić information content (AvgIpc) is 2.36. The zero-order valence-electron chi connectivity index (χ0n) is 8.92. The van der Waals surface area contributed by atoms with Gasteiger partial charge in [-0.3, -0.25) is 0 Å². The van der Waals surface area contributed by atoms with Crippen LogP contribution in [-0.4, -0.2) is 24.2 Å². The van der Waals surface area contributed by atoms with Crippen molar-refractivity contribution in [1.82, 2.24) is 0 Å². The van der Waals surface area contributed by atoms with Gasteiger partial charge in [0.1, 0.15) is 0 Å². The first-order valence-electron chi connectivity index (χ1n) is 4.41. The number of hydrogen-bond donors (Lipinski definition) is 3. The molecule has 1 aromatic carbocycles. The summed E-state index contributed by atoms with van der Waals surface area (Å²) in [6.07, 6.45) is -0.788. The third kappa shape index (κ3) is 2.77. The summed E-state index contributed by atoms with van der Waals surface area (Å²) in [5, 5.41) is 12.3. The van der Waals surface area contributed by atoms with Crippen LogP contribution in [0.25, 0.3) is 0 Å². The van der Waals surface area contributed by atoms with Gasteiger partial charge in [0.25, 0.3) is 0 Å². The summed E-state index contributed by atoms with van der Waals surface area (Å²) >= 11 is 5.87. The SMILES string of the molecule is COC(=O)N(N)c1cc(/C(N)=N/O)ccc1Cl. The number of anilines is 1. The molecule has 0 aliphatic heterocycles. The highest BCUT2D eigenvalue weighted by molar-refractivity contribution is 6.33. The summed E-state index contributed by atoms with van der Waals surface area (Å²) in [7, 11) is 1.18. The Hall–Kier alpha value is -1.99. The lowest BCUT2D eigenvalue weighted by atomic mass is 10.2. The van der Waals surface area contributed by atoms with Gasteiger partial charge in [0.15, 0.2) is 5.84 Å². The van der Waals surface area contributed by atoms with Crippen LogP contribution in [0.15, 0.2) is 23.4 Å². The number of nitrogens with zero attached hydrogens (tertiary/aromatic N) is 2. The van der Waals surface area contributed by atoms with E-state index >= 15 is 0 Å². The smallest absolute Gasteiger partial charge is 0.428 e. The Bertz CT molecular complexity index is 464. The van der Waals surface area contributed by atoms with Crippen LogP contribution in [0.4, 0.5) is 10.5 Å². The minimum Gasteiger partial charge on any atom is -0.452 e. The molecule has 0 radical (unpaired) electrons. The molecule has 0 atom stereocenters. The molecule has 5 N–H and O–H groups in total. The quantitative estimate of drug-likeness (QED) is 0.182. The molecule has 1 aromatic rings. The Morgan fingerprint density at radius 2 is 2.24 bits per heavy atom. The molecule has 0 saturated carbocycles. The third-order valence-corrected chi connectivity index (χ3v) is 2.30. The summed E-state index contributed by atoms with van der Waals surface area (Å²) in [4.78, 5) is 11.2. The van der Waals surface area contributed by atoms with Crippen LogP contribution in [-0.2, 0) is 4.74 Å². The van der Waals surface area contributed by atoms with E-state index in [0.717, 1.165) is 5.01 Å². The van der Waals surface area contributed by atoms with Crippen molar-refractivity contribution in [2.45, 2.75) is 0 Å². The van der Waals surface area contributed by atoms with Crippen LogP contribution in [0.1, 0.15) is 5.56 Å². The van der Waals surface area contributed by atoms with Crippen molar-refractivity contribution in [3.8, 4) is 0 Å². The van der Waals surface area contributed by atoms with Crippen LogP contribution in [0, 0.1) is 0 Å². The minimum absolute atomic E-state index is 0.124. The zero-order valence-corrected chi connectivity index (χ0v) is 9.68. The minimum atomic E-state index is -0.788. The second-order valence-corrected chi connectivity index (χ2v) is 3.40. The Morgan fingerprint density at radius 3 is 2.76 bits per heavy atom. The number of carbonyl (C=O) groups excluding carboxylic acids is 1. The number of rotatable bonds is 2. The van der Waals surface area contributed by atoms with E-state index in [1.54, 1.807) is 0 Å². The van der Waals surface area contributed by atoms with E-state index in [9.17, 15) is 4.79 Å². The van der Waals surface area contributed by atoms with Gasteiger partial charge >= 0.3 is 6.09 Å². The predicted molar refractivity (Wildman–Crippen MR) is 63.0 cm³/mol. The molecule has 8 heteroatoms. The van der Waals surface area contributed by atoms with Gasteiger partial charge in [0.2, 0.25) is 0 Å². The summed E-state index contributed by atoms with van der Waals surface area (Å²) < 4.78 is 4.44. The number of hydrogen-bond acceptors (Lipinski definition) is 5. The van der Waals surface area contributed by atoms with E-state index in [-0.39, 0.29) is 16.5 Å². The van der Waals surface area contributed by atoms with E-state index in [1.165, 1.54) is 25.3 Å². The molecule has 1 rings (SSSR count). The van der Waals surface area contributed by atoms with Crippen molar-refractivity contribution in [3.05, 3.63) is 28.8 Å². The first-order valence-corrected chi connectivity index (χ1v) is 4.79. The molecular formula is C9H11ClN4O3. The van der Waals surface area contributed by atoms with Crippen LogP contribution in [0.3, 0.4) is 0 Å². The molecule has 0 fully saturated rings. The average molecular weight is 259 g/mol. The second kappa shape index (κ2) is 5.37. The fraction of sp³-hybridized carbons (Fsp3) is 0.111. The van der Waals surface area contributed by atoms with Gasteiger partial charge in [-0.25, -0.2) is 15.6 Å². The number of amides is 1. The maximum Gasteiger partial charge on any atom is 0.428 e. The molecule has 0 aliphatic rings. The summed E-state index contributed by atoms with van der Waals surface area (Å²) in [6, 6.07) is 4.38. The van der Waals surface area contributed by atoms with Gasteiger partial charge < -0.3 is 15.7 Å². The molecule has 0 unspecified atom stereocenters. The van der Waals surface area contributed by atoms with Crippen LogP contribution < -0.4 is 16.6 Å². The number of halogens is 1.